The van der Waals surface area contributed by atoms with Gasteiger partial charge >= 0.3 is 0 Å². The largest absolute Gasteiger partial charge is 0.396 e. The van der Waals surface area contributed by atoms with E-state index in [1.807, 2.05) is 0 Å². The molecular formula is C12H15BrFN3O3. The zero-order valence-corrected chi connectivity index (χ0v) is 12.4. The molecular weight excluding hydrogens is 333 g/mol. The summed E-state index contributed by atoms with van der Waals surface area (Å²) < 4.78 is 18.2. The maximum absolute atomic E-state index is 13.1. The first-order chi connectivity index (χ1) is 9.45. The fourth-order valence-corrected chi connectivity index (χ4v) is 1.85. The molecule has 0 aromatic heterocycles. The smallest absolute Gasteiger partial charge is 0.252 e. The summed E-state index contributed by atoms with van der Waals surface area (Å²) in [6.45, 7) is 0.560. The van der Waals surface area contributed by atoms with Gasteiger partial charge in [0.25, 0.3) is 5.91 Å². The molecule has 0 unspecified atom stereocenters. The van der Waals surface area contributed by atoms with Gasteiger partial charge in [-0.1, -0.05) is 0 Å². The number of benzene rings is 1. The number of amides is 2. The van der Waals surface area contributed by atoms with Crippen molar-refractivity contribution in [3.8, 4) is 0 Å². The van der Waals surface area contributed by atoms with E-state index in [1.54, 1.807) is 0 Å². The average molecular weight is 348 g/mol. The number of nitrogens with one attached hydrogen (secondary N) is 2. The summed E-state index contributed by atoms with van der Waals surface area (Å²) in [6.07, 6.45) is 0. The van der Waals surface area contributed by atoms with Crippen molar-refractivity contribution < 1.29 is 18.7 Å². The molecule has 110 valence electrons. The summed E-state index contributed by atoms with van der Waals surface area (Å²) in [7, 11) is 1.52. The summed E-state index contributed by atoms with van der Waals surface area (Å²) in [5.41, 5.74) is 5.42. The number of carbonyl (C=O) groups excluding carboxylic acids is 2. The lowest BCUT2D eigenvalue weighted by Crippen LogP contribution is -2.38. The molecule has 20 heavy (non-hydrogen) atoms. The van der Waals surface area contributed by atoms with E-state index < -0.39 is 11.7 Å². The Morgan fingerprint density at radius 2 is 2.10 bits per heavy atom. The number of nitrogen functional groups attached to an aromatic ring is 1. The Morgan fingerprint density at radius 3 is 2.75 bits per heavy atom. The average Bonchev–Trinajstić information content (AvgIpc) is 2.40. The van der Waals surface area contributed by atoms with Gasteiger partial charge in [-0.25, -0.2) is 4.39 Å². The highest BCUT2D eigenvalue weighted by Crippen LogP contribution is 2.22. The summed E-state index contributed by atoms with van der Waals surface area (Å²) in [6, 6.07) is 2.31. The molecule has 1 rings (SSSR count). The molecule has 0 saturated carbocycles. The molecule has 1 aromatic carbocycles. The van der Waals surface area contributed by atoms with Crippen LogP contribution >= 0.6 is 15.9 Å². The highest BCUT2D eigenvalue weighted by atomic mass is 79.9. The number of anilines is 1. The molecule has 8 heteroatoms. The predicted molar refractivity (Wildman–Crippen MR) is 75.7 cm³/mol. The molecule has 1 aromatic rings. The predicted octanol–water partition coefficient (Wildman–Crippen LogP) is 0.663. The van der Waals surface area contributed by atoms with E-state index in [0.29, 0.717) is 13.2 Å². The molecule has 0 heterocycles. The first kappa shape index (κ1) is 16.4. The Balaban J connectivity index is 2.55. The fourth-order valence-electron chi connectivity index (χ4n) is 1.35. The maximum Gasteiger partial charge on any atom is 0.252 e. The van der Waals surface area contributed by atoms with Gasteiger partial charge in [0, 0.05) is 18.1 Å². The van der Waals surface area contributed by atoms with Crippen LogP contribution in [-0.2, 0) is 9.53 Å². The van der Waals surface area contributed by atoms with E-state index in [9.17, 15) is 14.0 Å². The highest BCUT2D eigenvalue weighted by molar-refractivity contribution is 9.10. The van der Waals surface area contributed by atoms with Crippen LogP contribution in [0.1, 0.15) is 10.4 Å². The SMILES string of the molecule is COCCNC(=O)CNC(=O)c1cc(N)c(F)cc1Br. The van der Waals surface area contributed by atoms with Crippen LogP contribution in [0, 0.1) is 5.82 Å². The number of rotatable bonds is 6. The van der Waals surface area contributed by atoms with Crippen molar-refractivity contribution in [1.82, 2.24) is 10.6 Å². The number of nitrogens with two attached hydrogens (primary N) is 1. The van der Waals surface area contributed by atoms with Gasteiger partial charge in [0.05, 0.1) is 24.4 Å². The summed E-state index contributed by atoms with van der Waals surface area (Å²) >= 11 is 3.07. The van der Waals surface area contributed by atoms with Gasteiger partial charge in [-0.2, -0.15) is 0 Å². The molecule has 0 saturated heterocycles. The van der Waals surface area contributed by atoms with Crippen LogP contribution in [0.2, 0.25) is 0 Å². The van der Waals surface area contributed by atoms with Gasteiger partial charge in [-0.05, 0) is 28.1 Å². The fraction of sp³-hybridized carbons (Fsp3) is 0.333. The van der Waals surface area contributed by atoms with E-state index in [0.717, 1.165) is 6.07 Å². The number of hydrogen-bond acceptors (Lipinski definition) is 4. The second-order valence-electron chi connectivity index (χ2n) is 3.88. The molecule has 0 aliphatic heterocycles. The van der Waals surface area contributed by atoms with Crippen molar-refractivity contribution in [3.05, 3.63) is 28.0 Å². The monoisotopic (exact) mass is 347 g/mol. The van der Waals surface area contributed by atoms with E-state index in [-0.39, 0.29) is 28.2 Å². The molecule has 0 aliphatic carbocycles. The topological polar surface area (TPSA) is 93.5 Å². The van der Waals surface area contributed by atoms with Gasteiger partial charge in [-0.3, -0.25) is 9.59 Å². The number of carbonyl (C=O) groups is 2. The summed E-state index contributed by atoms with van der Waals surface area (Å²) in [5.74, 6) is -1.49. The van der Waals surface area contributed by atoms with Crippen LogP contribution in [0.4, 0.5) is 10.1 Å². The van der Waals surface area contributed by atoms with E-state index in [2.05, 4.69) is 26.6 Å². The highest BCUT2D eigenvalue weighted by Gasteiger charge is 2.14. The molecule has 0 aliphatic rings. The lowest BCUT2D eigenvalue weighted by Gasteiger charge is -2.09. The van der Waals surface area contributed by atoms with Crippen LogP contribution in [0.5, 0.6) is 0 Å². The van der Waals surface area contributed by atoms with Gasteiger partial charge < -0.3 is 21.1 Å². The van der Waals surface area contributed by atoms with E-state index >= 15 is 0 Å². The standard InChI is InChI=1S/C12H15BrFN3O3/c1-20-3-2-16-11(18)6-17-12(19)7-4-10(15)9(14)5-8(7)13/h4-5H,2-3,6,15H2,1H3,(H,16,18)(H,17,19). The van der Waals surface area contributed by atoms with Crippen molar-refractivity contribution in [1.29, 1.82) is 0 Å². The second kappa shape index (κ2) is 7.81. The molecule has 0 atom stereocenters. The first-order valence-corrected chi connectivity index (χ1v) is 6.53. The number of halogens is 2. The number of methoxy groups -OCH3 is 1. The normalized spacial score (nSPS) is 10.2. The van der Waals surface area contributed by atoms with E-state index in [1.165, 1.54) is 13.2 Å². The molecule has 0 fully saturated rings. The van der Waals surface area contributed by atoms with Crippen molar-refractivity contribution in [2.45, 2.75) is 0 Å². The third-order valence-corrected chi connectivity index (χ3v) is 3.02. The van der Waals surface area contributed by atoms with Crippen LogP contribution in [0.3, 0.4) is 0 Å². The molecule has 6 nitrogen and oxygen atoms in total. The van der Waals surface area contributed by atoms with Gasteiger partial charge in [0.15, 0.2) is 0 Å². The maximum atomic E-state index is 13.1. The van der Waals surface area contributed by atoms with Gasteiger partial charge in [0.1, 0.15) is 5.82 Å². The summed E-state index contributed by atoms with van der Waals surface area (Å²) in [4.78, 5) is 23.2. The van der Waals surface area contributed by atoms with Crippen molar-refractivity contribution in [2.24, 2.45) is 0 Å². The minimum Gasteiger partial charge on any atom is -0.396 e. The zero-order valence-electron chi connectivity index (χ0n) is 10.8. The van der Waals surface area contributed by atoms with Gasteiger partial charge in [-0.15, -0.1) is 0 Å². The molecule has 0 radical (unpaired) electrons. The number of hydrogen-bond donors (Lipinski definition) is 3. The minimum atomic E-state index is -0.620. The third kappa shape index (κ3) is 4.78. The minimum absolute atomic E-state index is 0.136. The number of ether oxygens (including phenoxy) is 1. The quantitative estimate of drug-likeness (QED) is 0.520. The Bertz CT molecular complexity index is 511. The van der Waals surface area contributed by atoms with Crippen LogP contribution < -0.4 is 16.4 Å². The van der Waals surface area contributed by atoms with Crippen molar-refractivity contribution >= 4 is 33.4 Å². The molecule has 0 bridgehead atoms. The van der Waals surface area contributed by atoms with E-state index in [4.69, 9.17) is 10.5 Å². The zero-order chi connectivity index (χ0) is 15.1. The molecule has 2 amide bonds. The lowest BCUT2D eigenvalue weighted by molar-refractivity contribution is -0.120. The van der Waals surface area contributed by atoms with Crippen LogP contribution in [-0.4, -0.2) is 38.6 Å². The van der Waals surface area contributed by atoms with Crippen molar-refractivity contribution in [3.63, 3.8) is 0 Å². The second-order valence-corrected chi connectivity index (χ2v) is 4.73. The van der Waals surface area contributed by atoms with Crippen LogP contribution in [0.25, 0.3) is 0 Å². The first-order valence-electron chi connectivity index (χ1n) is 5.74. The third-order valence-electron chi connectivity index (χ3n) is 2.37. The Morgan fingerprint density at radius 1 is 1.40 bits per heavy atom. The summed E-state index contributed by atoms with van der Waals surface area (Å²) in [5, 5.41) is 4.96. The molecule has 4 N–H and O–H groups in total. The Labute approximate surface area is 124 Å². The molecule has 0 spiro atoms. The van der Waals surface area contributed by atoms with Crippen molar-refractivity contribution in [2.75, 3.05) is 32.5 Å². The Kier molecular flexibility index (Phi) is 6.40. The van der Waals surface area contributed by atoms with Gasteiger partial charge in [0.2, 0.25) is 5.91 Å². The Hall–Kier alpha value is -1.67. The lowest BCUT2D eigenvalue weighted by atomic mass is 10.2. The van der Waals surface area contributed by atoms with Crippen LogP contribution in [0.15, 0.2) is 16.6 Å².